The second-order valence-electron chi connectivity index (χ2n) is 7.24. The van der Waals surface area contributed by atoms with E-state index in [0.717, 1.165) is 24.2 Å². The maximum absolute atomic E-state index is 12.7. The lowest BCUT2D eigenvalue weighted by Crippen LogP contribution is -2.50. The van der Waals surface area contributed by atoms with E-state index >= 15 is 0 Å². The minimum absolute atomic E-state index is 0.173. The van der Waals surface area contributed by atoms with Gasteiger partial charge in [0.2, 0.25) is 5.91 Å². The second kappa shape index (κ2) is 7.84. The van der Waals surface area contributed by atoms with E-state index in [4.69, 9.17) is 4.74 Å². The van der Waals surface area contributed by atoms with Gasteiger partial charge in [0.15, 0.2) is 0 Å². The fourth-order valence-electron chi connectivity index (χ4n) is 3.53. The molecule has 1 saturated carbocycles. The van der Waals surface area contributed by atoms with E-state index in [2.05, 4.69) is 10.6 Å². The lowest BCUT2D eigenvalue weighted by Gasteiger charge is -2.30. The minimum atomic E-state index is -0.852. The highest BCUT2D eigenvalue weighted by Crippen LogP contribution is 2.33. The van der Waals surface area contributed by atoms with Gasteiger partial charge in [-0.25, -0.2) is 9.59 Å². The lowest BCUT2D eigenvalue weighted by molar-refractivity contribution is -0.145. The number of methoxy groups -OCH3 is 1. The van der Waals surface area contributed by atoms with Gasteiger partial charge >= 0.3 is 12.0 Å². The Kier molecular flexibility index (Phi) is 6.02. The molecular formula is C17H27N3O5. The zero-order valence-corrected chi connectivity index (χ0v) is 15.1. The van der Waals surface area contributed by atoms with Crippen molar-refractivity contribution < 1.29 is 23.9 Å². The Morgan fingerprint density at radius 1 is 1.24 bits per heavy atom. The smallest absolute Gasteiger partial charge is 0.328 e. The molecule has 140 valence electrons. The molecule has 1 aliphatic heterocycles. The summed E-state index contributed by atoms with van der Waals surface area (Å²) in [7, 11) is 1.26. The average Bonchev–Trinajstić information content (AvgIpc) is 2.78. The summed E-state index contributed by atoms with van der Waals surface area (Å²) in [5, 5.41) is 5.33. The van der Waals surface area contributed by atoms with Gasteiger partial charge in [0, 0.05) is 0 Å². The SMILES string of the molecule is COC(=O)[C@@H](CC(C)C)NC(=O)CN1C(=O)NC2(CCCCC2)C1=O. The lowest BCUT2D eigenvalue weighted by atomic mass is 9.82. The van der Waals surface area contributed by atoms with Crippen LogP contribution >= 0.6 is 0 Å². The van der Waals surface area contributed by atoms with Crippen molar-refractivity contribution in [2.24, 2.45) is 5.92 Å². The van der Waals surface area contributed by atoms with Crippen LogP contribution in [0.15, 0.2) is 0 Å². The van der Waals surface area contributed by atoms with Crippen molar-refractivity contribution in [1.29, 1.82) is 0 Å². The van der Waals surface area contributed by atoms with Crippen molar-refractivity contribution in [3.05, 3.63) is 0 Å². The number of imide groups is 1. The average molecular weight is 353 g/mol. The van der Waals surface area contributed by atoms with Crippen molar-refractivity contribution in [2.45, 2.75) is 64.0 Å². The van der Waals surface area contributed by atoms with Gasteiger partial charge in [-0.3, -0.25) is 14.5 Å². The van der Waals surface area contributed by atoms with Crippen molar-refractivity contribution >= 4 is 23.8 Å². The van der Waals surface area contributed by atoms with Crippen LogP contribution in [0, 0.1) is 5.92 Å². The number of esters is 1. The van der Waals surface area contributed by atoms with Crippen molar-refractivity contribution in [3.63, 3.8) is 0 Å². The molecule has 4 amide bonds. The van der Waals surface area contributed by atoms with Crippen LogP contribution in [0.1, 0.15) is 52.4 Å². The number of amides is 4. The van der Waals surface area contributed by atoms with Crippen LogP contribution in [0.2, 0.25) is 0 Å². The van der Waals surface area contributed by atoms with Gasteiger partial charge in [0.25, 0.3) is 5.91 Å². The summed E-state index contributed by atoms with van der Waals surface area (Å²) in [5.74, 6) is -1.26. The topological polar surface area (TPSA) is 105 Å². The Morgan fingerprint density at radius 3 is 2.44 bits per heavy atom. The van der Waals surface area contributed by atoms with Crippen molar-refractivity contribution in [1.82, 2.24) is 15.5 Å². The third-order valence-corrected chi connectivity index (χ3v) is 4.78. The zero-order chi connectivity index (χ0) is 18.6. The molecule has 2 rings (SSSR count). The number of hydrogen-bond acceptors (Lipinski definition) is 5. The maximum Gasteiger partial charge on any atom is 0.328 e. The van der Waals surface area contributed by atoms with Gasteiger partial charge in [-0.05, 0) is 25.2 Å². The molecule has 0 radical (unpaired) electrons. The summed E-state index contributed by atoms with van der Waals surface area (Å²) in [6.07, 6.45) is 4.43. The van der Waals surface area contributed by atoms with Gasteiger partial charge in [-0.1, -0.05) is 33.1 Å². The van der Waals surface area contributed by atoms with Crippen LogP contribution < -0.4 is 10.6 Å². The number of rotatable bonds is 6. The predicted octanol–water partition coefficient (Wildman–Crippen LogP) is 0.945. The third kappa shape index (κ3) is 4.29. The molecule has 8 nitrogen and oxygen atoms in total. The maximum atomic E-state index is 12.7. The fourth-order valence-corrected chi connectivity index (χ4v) is 3.53. The number of nitrogens with one attached hydrogen (secondary N) is 2. The van der Waals surface area contributed by atoms with Crippen LogP contribution in [0.25, 0.3) is 0 Å². The quantitative estimate of drug-likeness (QED) is 0.546. The first-order valence-electron chi connectivity index (χ1n) is 8.80. The molecule has 1 spiro atoms. The fraction of sp³-hybridized carbons (Fsp3) is 0.765. The van der Waals surface area contributed by atoms with Crippen molar-refractivity contribution in [2.75, 3.05) is 13.7 Å². The van der Waals surface area contributed by atoms with Crippen LogP contribution in [-0.4, -0.2) is 54.0 Å². The molecule has 0 aromatic rings. The molecule has 2 N–H and O–H groups in total. The monoisotopic (exact) mass is 353 g/mol. The van der Waals surface area contributed by atoms with Gasteiger partial charge < -0.3 is 15.4 Å². The van der Waals surface area contributed by atoms with E-state index in [1.54, 1.807) is 0 Å². The number of urea groups is 1. The zero-order valence-electron chi connectivity index (χ0n) is 15.1. The highest BCUT2D eigenvalue weighted by atomic mass is 16.5. The van der Waals surface area contributed by atoms with Gasteiger partial charge in [-0.15, -0.1) is 0 Å². The summed E-state index contributed by atoms with van der Waals surface area (Å²) in [4.78, 5) is 49.8. The molecule has 0 aromatic carbocycles. The standard InChI is InChI=1S/C17H27N3O5/c1-11(2)9-12(14(22)25-3)18-13(21)10-20-15(23)17(19-16(20)24)7-5-4-6-8-17/h11-12H,4-10H2,1-3H3,(H,18,21)(H,19,24)/t12-/m1/s1. The largest absolute Gasteiger partial charge is 0.467 e. The van der Waals surface area contributed by atoms with Gasteiger partial charge in [0.05, 0.1) is 7.11 Å². The highest BCUT2D eigenvalue weighted by Gasteiger charge is 2.51. The van der Waals surface area contributed by atoms with Crippen LogP contribution in [0.4, 0.5) is 4.79 Å². The normalized spacial score (nSPS) is 20.6. The molecule has 25 heavy (non-hydrogen) atoms. The number of nitrogens with zero attached hydrogens (tertiary/aromatic N) is 1. The molecule has 0 bridgehead atoms. The first kappa shape index (κ1) is 19.2. The van der Waals surface area contributed by atoms with Gasteiger partial charge in [-0.2, -0.15) is 0 Å². The van der Waals surface area contributed by atoms with E-state index in [0.29, 0.717) is 19.3 Å². The summed E-state index contributed by atoms with van der Waals surface area (Å²) >= 11 is 0. The highest BCUT2D eigenvalue weighted by molar-refractivity contribution is 6.09. The van der Waals surface area contributed by atoms with Crippen LogP contribution in [0.3, 0.4) is 0 Å². The molecule has 1 heterocycles. The van der Waals surface area contributed by atoms with Gasteiger partial charge in [0.1, 0.15) is 18.1 Å². The number of hydrogen-bond donors (Lipinski definition) is 2. The summed E-state index contributed by atoms with van der Waals surface area (Å²) in [6, 6.07) is -1.33. The van der Waals surface area contributed by atoms with E-state index in [-0.39, 0.29) is 11.8 Å². The van der Waals surface area contributed by atoms with E-state index in [9.17, 15) is 19.2 Å². The molecule has 2 aliphatic rings. The Balaban J connectivity index is 2.00. The van der Waals surface area contributed by atoms with Crippen LogP contribution in [0.5, 0.6) is 0 Å². The minimum Gasteiger partial charge on any atom is -0.467 e. The van der Waals surface area contributed by atoms with Crippen molar-refractivity contribution in [3.8, 4) is 0 Å². The predicted molar refractivity (Wildman–Crippen MR) is 89.5 cm³/mol. The molecule has 8 heteroatoms. The molecule has 0 unspecified atom stereocenters. The number of carbonyl (C=O) groups excluding carboxylic acids is 4. The summed E-state index contributed by atoms with van der Waals surface area (Å²) in [5.41, 5.74) is -0.852. The molecule has 1 saturated heterocycles. The Morgan fingerprint density at radius 2 is 1.88 bits per heavy atom. The molecule has 1 atom stereocenters. The Bertz CT molecular complexity index is 554. The van der Waals surface area contributed by atoms with E-state index in [1.807, 2.05) is 13.8 Å². The summed E-state index contributed by atoms with van der Waals surface area (Å²) in [6.45, 7) is 3.46. The molecule has 0 aromatic heterocycles. The number of ether oxygens (including phenoxy) is 1. The Labute approximate surface area is 147 Å². The third-order valence-electron chi connectivity index (χ3n) is 4.78. The Hall–Kier alpha value is -2.12. The van der Waals surface area contributed by atoms with E-state index in [1.165, 1.54) is 7.11 Å². The molecular weight excluding hydrogens is 326 g/mol. The van der Waals surface area contributed by atoms with Crippen LogP contribution in [-0.2, 0) is 19.1 Å². The first-order valence-corrected chi connectivity index (χ1v) is 8.80. The summed E-state index contributed by atoms with van der Waals surface area (Å²) < 4.78 is 4.70. The first-order chi connectivity index (χ1) is 11.8. The number of carbonyl (C=O) groups is 4. The van der Waals surface area contributed by atoms with E-state index < -0.39 is 36.0 Å². The molecule has 2 fully saturated rings. The molecule has 1 aliphatic carbocycles. The second-order valence-corrected chi connectivity index (χ2v) is 7.24.